The van der Waals surface area contributed by atoms with Crippen molar-refractivity contribution < 1.29 is 61.7 Å². The van der Waals surface area contributed by atoms with E-state index in [1.165, 1.54) is 26.3 Å². The van der Waals surface area contributed by atoms with Crippen molar-refractivity contribution in [2.45, 2.75) is 65.2 Å². The number of rotatable bonds is 10. The maximum Gasteiger partial charge on any atom is 0.439 e. The van der Waals surface area contributed by atoms with Gasteiger partial charge in [-0.05, 0) is 41.5 Å². The van der Waals surface area contributed by atoms with E-state index in [0.717, 1.165) is 0 Å². The molecule has 0 aromatic rings. The highest BCUT2D eigenvalue weighted by Crippen LogP contribution is 2.23. The zero-order chi connectivity index (χ0) is 25.0. The van der Waals surface area contributed by atoms with E-state index in [1.54, 1.807) is 26.3 Å². The molecule has 31 heavy (non-hydrogen) atoms. The molecule has 0 aliphatic heterocycles. The molecule has 0 heterocycles. The molecule has 0 spiro atoms. The molecule has 12 nitrogen and oxygen atoms in total. The standard InChI is InChI=1S/C8H13F2NO5.C8H14FNO5/c1-7(2,3)16-8(9,10)6(14)11-15-4-5(12)13;1-8(2,3)15-6(9)7(13)10-14-4-5(11)12/h4H2,1-3H3,(H,11,14)(H,12,13);6H,4H2,1-3H3,(H,10,13)(H,11,12). The van der Waals surface area contributed by atoms with Gasteiger partial charge >= 0.3 is 29.9 Å². The van der Waals surface area contributed by atoms with Crippen molar-refractivity contribution >= 4 is 23.8 Å². The summed E-state index contributed by atoms with van der Waals surface area (Å²) >= 11 is 0. The fourth-order valence-corrected chi connectivity index (χ4v) is 1.23. The molecule has 182 valence electrons. The van der Waals surface area contributed by atoms with Crippen LogP contribution < -0.4 is 11.0 Å². The van der Waals surface area contributed by atoms with Crippen LogP contribution >= 0.6 is 0 Å². The van der Waals surface area contributed by atoms with Gasteiger partial charge in [-0.25, -0.2) is 24.9 Å². The minimum Gasteiger partial charge on any atom is -0.479 e. The van der Waals surface area contributed by atoms with Crippen molar-refractivity contribution in [1.29, 1.82) is 0 Å². The number of carbonyl (C=O) groups excluding carboxylic acids is 2. The molecule has 15 heteroatoms. The van der Waals surface area contributed by atoms with Crippen LogP contribution in [0, 0.1) is 0 Å². The molecule has 0 aliphatic carbocycles. The van der Waals surface area contributed by atoms with E-state index in [4.69, 9.17) is 10.2 Å². The zero-order valence-corrected chi connectivity index (χ0v) is 17.8. The van der Waals surface area contributed by atoms with Gasteiger partial charge < -0.3 is 19.7 Å². The first-order valence-electron chi connectivity index (χ1n) is 8.44. The molecule has 0 bridgehead atoms. The lowest BCUT2D eigenvalue weighted by atomic mass is 10.2. The van der Waals surface area contributed by atoms with Crippen molar-refractivity contribution in [3.8, 4) is 0 Å². The molecular formula is C16H27F3N2O10. The van der Waals surface area contributed by atoms with Crippen LogP contribution in [-0.2, 0) is 38.3 Å². The van der Waals surface area contributed by atoms with Crippen LogP contribution in [0.5, 0.6) is 0 Å². The zero-order valence-electron chi connectivity index (χ0n) is 17.8. The molecule has 0 aromatic heterocycles. The van der Waals surface area contributed by atoms with E-state index >= 15 is 0 Å². The number of carbonyl (C=O) groups is 4. The Morgan fingerprint density at radius 2 is 1.26 bits per heavy atom. The Balaban J connectivity index is 0. The van der Waals surface area contributed by atoms with Gasteiger partial charge in [0.2, 0.25) is 0 Å². The quantitative estimate of drug-likeness (QED) is 0.338. The molecule has 0 saturated heterocycles. The molecular weight excluding hydrogens is 437 g/mol. The number of nitrogens with one attached hydrogen (secondary N) is 2. The van der Waals surface area contributed by atoms with Gasteiger partial charge in [0, 0.05) is 0 Å². The van der Waals surface area contributed by atoms with Gasteiger partial charge in [-0.2, -0.15) is 8.78 Å². The second kappa shape index (κ2) is 13.0. The minimum atomic E-state index is -4.09. The highest BCUT2D eigenvalue weighted by Gasteiger charge is 2.44. The second-order valence-corrected chi connectivity index (χ2v) is 7.54. The molecule has 0 aliphatic rings. The largest absolute Gasteiger partial charge is 0.479 e. The molecule has 1 unspecified atom stereocenters. The minimum absolute atomic E-state index is 0.742. The van der Waals surface area contributed by atoms with Gasteiger partial charge in [0.25, 0.3) is 6.36 Å². The van der Waals surface area contributed by atoms with E-state index in [0.29, 0.717) is 0 Å². The third kappa shape index (κ3) is 19.2. The van der Waals surface area contributed by atoms with Crippen molar-refractivity contribution in [2.75, 3.05) is 13.2 Å². The topological polar surface area (TPSA) is 170 Å². The number of amides is 2. The summed E-state index contributed by atoms with van der Waals surface area (Å²) in [5, 5.41) is 16.3. The van der Waals surface area contributed by atoms with Crippen LogP contribution in [0.15, 0.2) is 0 Å². The number of aliphatic carboxylic acids is 2. The van der Waals surface area contributed by atoms with Gasteiger partial charge in [-0.15, -0.1) is 0 Å². The van der Waals surface area contributed by atoms with Crippen LogP contribution in [-0.4, -0.2) is 70.8 Å². The first-order valence-corrected chi connectivity index (χ1v) is 8.44. The number of carboxylic acid groups (broad SMARTS) is 2. The number of hydrogen-bond donors (Lipinski definition) is 4. The van der Waals surface area contributed by atoms with Crippen LogP contribution in [0.2, 0.25) is 0 Å². The average molecular weight is 464 g/mol. The normalized spacial score (nSPS) is 12.8. The van der Waals surface area contributed by atoms with Gasteiger partial charge in [0.15, 0.2) is 13.2 Å². The average Bonchev–Trinajstić information content (AvgIpc) is 2.50. The lowest BCUT2D eigenvalue weighted by molar-refractivity contribution is -0.272. The highest BCUT2D eigenvalue weighted by molar-refractivity contribution is 5.81. The van der Waals surface area contributed by atoms with Crippen molar-refractivity contribution in [1.82, 2.24) is 11.0 Å². The third-order valence-corrected chi connectivity index (χ3v) is 2.09. The highest BCUT2D eigenvalue weighted by atomic mass is 19.3. The SMILES string of the molecule is CC(C)(C)OC(F)(F)C(=O)NOCC(=O)O.CC(C)(C)OC(F)C(=O)NOCC(=O)O. The molecule has 0 aromatic carbocycles. The summed E-state index contributed by atoms with van der Waals surface area (Å²) < 4.78 is 47.7. The Morgan fingerprint density at radius 3 is 1.61 bits per heavy atom. The lowest BCUT2D eigenvalue weighted by Gasteiger charge is -2.25. The van der Waals surface area contributed by atoms with Gasteiger partial charge in [-0.1, -0.05) is 0 Å². The number of alkyl halides is 3. The van der Waals surface area contributed by atoms with Crippen molar-refractivity contribution in [2.24, 2.45) is 0 Å². The Labute approximate surface area is 175 Å². The Morgan fingerprint density at radius 1 is 0.839 bits per heavy atom. The number of hydroxylamine groups is 2. The summed E-state index contributed by atoms with van der Waals surface area (Å²) in [6.07, 6.45) is -6.28. The maximum absolute atomic E-state index is 13.0. The predicted molar refractivity (Wildman–Crippen MR) is 95.0 cm³/mol. The van der Waals surface area contributed by atoms with Crippen molar-refractivity contribution in [3.05, 3.63) is 0 Å². The van der Waals surface area contributed by atoms with E-state index in [2.05, 4.69) is 19.1 Å². The Kier molecular flexibility index (Phi) is 12.9. The van der Waals surface area contributed by atoms with Gasteiger partial charge in [-0.3, -0.25) is 19.3 Å². The molecule has 2 amide bonds. The van der Waals surface area contributed by atoms with Gasteiger partial charge in [0.05, 0.1) is 11.2 Å². The van der Waals surface area contributed by atoms with E-state index in [-0.39, 0.29) is 0 Å². The fourth-order valence-electron chi connectivity index (χ4n) is 1.23. The summed E-state index contributed by atoms with van der Waals surface area (Å²) in [6, 6.07) is 0. The number of hydrogen-bond acceptors (Lipinski definition) is 8. The number of halogens is 3. The Bertz CT molecular complexity index is 618. The maximum atomic E-state index is 13.0. The van der Waals surface area contributed by atoms with Crippen LogP contribution in [0.4, 0.5) is 13.2 Å². The van der Waals surface area contributed by atoms with E-state index in [9.17, 15) is 32.3 Å². The smallest absolute Gasteiger partial charge is 0.439 e. The third-order valence-electron chi connectivity index (χ3n) is 2.09. The number of carboxylic acids is 2. The van der Waals surface area contributed by atoms with Crippen molar-refractivity contribution in [3.63, 3.8) is 0 Å². The monoisotopic (exact) mass is 464 g/mol. The summed E-state index contributed by atoms with van der Waals surface area (Å²) in [5.41, 5.74) is 0.854. The first-order chi connectivity index (χ1) is 13.8. The summed E-state index contributed by atoms with van der Waals surface area (Å²) in [7, 11) is 0. The molecule has 0 saturated carbocycles. The van der Waals surface area contributed by atoms with Crippen LogP contribution in [0.25, 0.3) is 0 Å². The van der Waals surface area contributed by atoms with Gasteiger partial charge in [0.1, 0.15) is 0 Å². The molecule has 4 N–H and O–H groups in total. The molecule has 0 radical (unpaired) electrons. The molecule has 0 fully saturated rings. The van der Waals surface area contributed by atoms with E-state index in [1.807, 2.05) is 0 Å². The summed E-state index contributed by atoms with van der Waals surface area (Å²) in [6.45, 7) is 7.08. The summed E-state index contributed by atoms with van der Waals surface area (Å²) in [5.74, 6) is -5.71. The predicted octanol–water partition coefficient (Wildman–Crippen LogP) is 0.756. The summed E-state index contributed by atoms with van der Waals surface area (Å²) in [4.78, 5) is 49.8. The lowest BCUT2D eigenvalue weighted by Crippen LogP contribution is -2.46. The Hall–Kier alpha value is -2.49. The second-order valence-electron chi connectivity index (χ2n) is 7.54. The fraction of sp³-hybridized carbons (Fsp3) is 0.750. The molecule has 1 atom stereocenters. The van der Waals surface area contributed by atoms with Crippen LogP contribution in [0.1, 0.15) is 41.5 Å². The molecule has 0 rings (SSSR count). The van der Waals surface area contributed by atoms with Crippen LogP contribution in [0.3, 0.4) is 0 Å². The first kappa shape index (κ1) is 30.7. The van der Waals surface area contributed by atoms with E-state index < -0.39 is 60.6 Å². The number of ether oxygens (including phenoxy) is 2.